The summed E-state index contributed by atoms with van der Waals surface area (Å²) in [7, 11) is 4.16. The van der Waals surface area contributed by atoms with Gasteiger partial charge in [0.1, 0.15) is 0 Å². The van der Waals surface area contributed by atoms with Gasteiger partial charge in [-0.1, -0.05) is 145 Å². The van der Waals surface area contributed by atoms with Gasteiger partial charge in [-0.15, -0.1) is 21.9 Å². The highest BCUT2D eigenvalue weighted by atomic mass is 32.2. The quantitative estimate of drug-likeness (QED) is 0.194. The maximum Gasteiger partial charge on any atom is 0.0731 e. The van der Waals surface area contributed by atoms with Crippen LogP contribution in [-0.4, -0.2) is 8.39 Å². The Morgan fingerprint density at radius 1 is 0.435 bits per heavy atom. The lowest BCUT2D eigenvalue weighted by molar-refractivity contribution is 0.802. The molecule has 248 valence electrons. The third-order valence-electron chi connectivity index (χ3n) is 9.67. The minimum Gasteiger partial charge on any atom is -0.127 e. The van der Waals surface area contributed by atoms with Gasteiger partial charge in [-0.05, 0) is 92.9 Å². The lowest BCUT2D eigenvalue weighted by Gasteiger charge is -2.23. The fourth-order valence-electron chi connectivity index (χ4n) is 6.83. The van der Waals surface area contributed by atoms with E-state index in [-0.39, 0.29) is 0 Å². The Hall–Kier alpha value is -1.46. The summed E-state index contributed by atoms with van der Waals surface area (Å²) in [5.41, 5.74) is 15.2. The van der Waals surface area contributed by atoms with Gasteiger partial charge < -0.3 is 0 Å². The topological polar surface area (TPSA) is 0 Å². The third-order valence-corrected chi connectivity index (χ3v) is 15.1. The van der Waals surface area contributed by atoms with Crippen molar-refractivity contribution >= 4 is 53.8 Å². The molecule has 0 nitrogen and oxygen atoms in total. The molecule has 5 rings (SSSR count). The summed E-state index contributed by atoms with van der Waals surface area (Å²) in [5.74, 6) is 3.01. The SMILES string of the molecule is CCc1c2c(c(CC)c3c1=S=C(c1c(C(C)C)cc(C(C)C)cc1C(C)C)S3)=S=C(c1c(C(C)C)cc(C(C)C)cc1C(C)C)S2. The van der Waals surface area contributed by atoms with E-state index < -0.39 is 0 Å². The predicted octanol–water partition coefficient (Wildman–Crippen LogP) is 14.1. The van der Waals surface area contributed by atoms with Crippen molar-refractivity contribution in [3.05, 3.63) is 88.9 Å². The monoisotopic (exact) mass is 688 g/mol. The van der Waals surface area contributed by atoms with Crippen LogP contribution in [0, 0.1) is 9.02 Å². The second-order valence-corrected chi connectivity index (χ2v) is 19.6. The zero-order chi connectivity index (χ0) is 33.8. The molecule has 4 heteroatoms. The predicted molar refractivity (Wildman–Crippen MR) is 215 cm³/mol. The van der Waals surface area contributed by atoms with Crippen molar-refractivity contribution in [3.63, 3.8) is 0 Å². The highest BCUT2D eigenvalue weighted by molar-refractivity contribution is 8.28. The molecule has 0 N–H and O–H groups in total. The van der Waals surface area contributed by atoms with E-state index in [2.05, 4.69) is 167 Å². The van der Waals surface area contributed by atoms with Crippen LogP contribution in [0.15, 0.2) is 34.1 Å². The van der Waals surface area contributed by atoms with Crippen LogP contribution in [0.1, 0.15) is 188 Å². The molecular formula is C42H56S4. The number of rotatable bonds is 10. The first-order valence-electron chi connectivity index (χ1n) is 17.7. The summed E-state index contributed by atoms with van der Waals surface area (Å²) in [6.45, 7) is 33.1. The second-order valence-electron chi connectivity index (χ2n) is 15.0. The molecular weight excluding hydrogens is 633 g/mol. The van der Waals surface area contributed by atoms with Crippen LogP contribution in [0.2, 0.25) is 0 Å². The highest BCUT2D eigenvalue weighted by Crippen LogP contribution is 2.48. The van der Waals surface area contributed by atoms with E-state index in [0.717, 1.165) is 12.8 Å². The molecule has 0 unspecified atom stereocenters. The fourth-order valence-corrected chi connectivity index (χ4v) is 13.2. The Morgan fingerprint density at radius 3 is 0.935 bits per heavy atom. The van der Waals surface area contributed by atoms with E-state index in [0.29, 0.717) is 35.5 Å². The second kappa shape index (κ2) is 14.2. The van der Waals surface area contributed by atoms with Crippen molar-refractivity contribution in [2.45, 2.75) is 155 Å². The van der Waals surface area contributed by atoms with Gasteiger partial charge in [0.25, 0.3) is 0 Å². The minimum atomic E-state index is 0.487. The number of hydrogen-bond donors (Lipinski definition) is 0. The smallest absolute Gasteiger partial charge is 0.0731 e. The zero-order valence-corrected chi connectivity index (χ0v) is 34.1. The van der Waals surface area contributed by atoms with Crippen LogP contribution < -0.4 is 0 Å². The van der Waals surface area contributed by atoms with Gasteiger partial charge in [-0.25, -0.2) is 0 Å². The lowest BCUT2D eigenvalue weighted by atomic mass is 9.85. The van der Waals surface area contributed by atoms with Crippen LogP contribution in [0.4, 0.5) is 0 Å². The normalized spacial score (nSPS) is 14.4. The number of benzene rings is 3. The molecule has 2 aliphatic heterocycles. The average molecular weight is 689 g/mol. The first kappa shape index (κ1) is 35.8. The molecule has 0 aromatic heterocycles. The van der Waals surface area contributed by atoms with Gasteiger partial charge in [-0.3, -0.25) is 0 Å². The molecule has 0 aliphatic carbocycles. The van der Waals surface area contributed by atoms with Gasteiger partial charge in [-0.2, -0.15) is 0 Å². The summed E-state index contributed by atoms with van der Waals surface area (Å²) < 4.78 is 6.07. The number of hydrogen-bond acceptors (Lipinski definition) is 2. The van der Waals surface area contributed by atoms with Crippen molar-refractivity contribution in [1.29, 1.82) is 0 Å². The van der Waals surface area contributed by atoms with Crippen molar-refractivity contribution < 1.29 is 0 Å². The summed E-state index contributed by atoms with van der Waals surface area (Å²) in [5, 5.41) is 0. The van der Waals surface area contributed by atoms with E-state index >= 15 is 0 Å². The molecule has 0 spiro atoms. The molecule has 2 aliphatic rings. The van der Waals surface area contributed by atoms with E-state index in [1.54, 1.807) is 11.1 Å². The van der Waals surface area contributed by atoms with E-state index in [4.69, 9.17) is 0 Å². The first-order chi connectivity index (χ1) is 21.7. The van der Waals surface area contributed by atoms with Gasteiger partial charge >= 0.3 is 0 Å². The molecule has 0 fully saturated rings. The van der Waals surface area contributed by atoms with Crippen molar-refractivity contribution in [1.82, 2.24) is 0 Å². The lowest BCUT2D eigenvalue weighted by Crippen LogP contribution is -2.09. The molecule has 0 amide bonds. The zero-order valence-electron chi connectivity index (χ0n) is 30.8. The Kier molecular flexibility index (Phi) is 11.0. The van der Waals surface area contributed by atoms with Crippen LogP contribution in [0.25, 0.3) is 0 Å². The molecule has 0 saturated heterocycles. The molecule has 0 atom stereocenters. The first-order valence-corrected chi connectivity index (χ1v) is 21.0. The van der Waals surface area contributed by atoms with Gasteiger partial charge in [0, 0.05) is 29.9 Å². The Bertz CT molecular complexity index is 1690. The Labute approximate surface area is 296 Å². The molecule has 0 radical (unpaired) electrons. The largest absolute Gasteiger partial charge is 0.127 e. The molecule has 0 saturated carbocycles. The summed E-state index contributed by atoms with van der Waals surface area (Å²) >= 11 is 4.16. The summed E-state index contributed by atoms with van der Waals surface area (Å²) in [6, 6.07) is 10.1. The van der Waals surface area contributed by atoms with E-state index in [9.17, 15) is 0 Å². The third kappa shape index (κ3) is 6.47. The standard InChI is InChI=1S/C42H56S4/c1-15-29-37-39(45-41(43-37)35-31(23(7)8)17-27(21(3)4)18-32(35)24(9)10)30(16-2)40-38(29)44-42(46-40)36-33(25(11)12)19-28(22(5)6)20-34(36)26(13)14/h17-26H,15-16H2,1-14H3. The van der Waals surface area contributed by atoms with E-state index in [1.807, 2.05) is 0 Å². The average Bonchev–Trinajstić information content (AvgIpc) is 3.63. The molecule has 3 aromatic rings. The van der Waals surface area contributed by atoms with Crippen molar-refractivity contribution in [2.24, 2.45) is 0 Å². The van der Waals surface area contributed by atoms with Crippen LogP contribution in [-0.2, 0) is 12.8 Å². The molecule has 0 bridgehead atoms. The molecule has 2 heterocycles. The van der Waals surface area contributed by atoms with Crippen LogP contribution in [0.3, 0.4) is 0 Å². The maximum absolute atomic E-state index is 2.52. The minimum absolute atomic E-state index is 0.487. The summed E-state index contributed by atoms with van der Waals surface area (Å²) in [4.78, 5) is 3.07. The number of thioether (sulfide) groups is 2. The van der Waals surface area contributed by atoms with Gasteiger partial charge in [0.15, 0.2) is 0 Å². The molecule has 46 heavy (non-hydrogen) atoms. The fraction of sp³-hybridized carbons (Fsp3) is 0.524. The number of fused-ring (bicyclic) bond motifs is 2. The highest BCUT2D eigenvalue weighted by Gasteiger charge is 2.30. The van der Waals surface area contributed by atoms with Crippen molar-refractivity contribution in [3.8, 4) is 0 Å². The Morgan fingerprint density at radius 2 is 0.717 bits per heavy atom. The van der Waals surface area contributed by atoms with Gasteiger partial charge in [0.05, 0.1) is 8.39 Å². The summed E-state index contributed by atoms with van der Waals surface area (Å²) in [6.07, 6.45) is 2.13. The van der Waals surface area contributed by atoms with E-state index in [1.165, 1.54) is 71.7 Å². The van der Waals surface area contributed by atoms with Crippen LogP contribution in [0.5, 0.6) is 0 Å². The maximum atomic E-state index is 2.52. The van der Waals surface area contributed by atoms with Crippen LogP contribution >= 0.6 is 45.4 Å². The van der Waals surface area contributed by atoms with Crippen molar-refractivity contribution in [2.75, 3.05) is 0 Å². The molecule has 3 aromatic carbocycles. The van der Waals surface area contributed by atoms with Gasteiger partial charge in [0.2, 0.25) is 0 Å². The Balaban J connectivity index is 1.83.